The zero-order valence-corrected chi connectivity index (χ0v) is 13.0. The highest BCUT2D eigenvalue weighted by molar-refractivity contribution is 7.90. The van der Waals surface area contributed by atoms with Gasteiger partial charge in [-0.1, -0.05) is 30.4 Å². The number of carbonyl (C=O) groups excluding carboxylic acids is 1. The van der Waals surface area contributed by atoms with E-state index in [1.807, 2.05) is 0 Å². The summed E-state index contributed by atoms with van der Waals surface area (Å²) in [5.74, 6) is 0. The predicted octanol–water partition coefficient (Wildman–Crippen LogP) is 3.09. The van der Waals surface area contributed by atoms with Gasteiger partial charge in [0.25, 0.3) is 10.0 Å². The Balaban J connectivity index is 2.13. The molecule has 2 rings (SSSR count). The topological polar surface area (TPSA) is 75.3 Å². The average Bonchev–Trinajstić information content (AvgIpc) is 2.74. The Morgan fingerprint density at radius 2 is 1.88 bits per heavy atom. The molecule has 0 aromatic heterocycles. The number of hydrogen-bond donors (Lipinski definition) is 2. The van der Waals surface area contributed by atoms with Crippen LogP contribution < -0.4 is 10.0 Å². The Bertz CT molecular complexity index is 825. The van der Waals surface area contributed by atoms with E-state index in [0.29, 0.717) is 18.2 Å². The fourth-order valence-electron chi connectivity index (χ4n) is 1.86. The molecule has 128 valence electrons. The van der Waals surface area contributed by atoms with E-state index in [1.165, 1.54) is 0 Å². The van der Waals surface area contributed by atoms with E-state index in [2.05, 4.69) is 5.32 Å². The second-order valence-corrected chi connectivity index (χ2v) is 6.48. The van der Waals surface area contributed by atoms with Gasteiger partial charge in [0, 0.05) is 12.1 Å². The van der Waals surface area contributed by atoms with Gasteiger partial charge < -0.3 is 5.32 Å². The van der Waals surface area contributed by atoms with E-state index in [9.17, 15) is 26.4 Å². The molecule has 0 atom stereocenters. The smallest absolute Gasteiger partial charge is 0.311 e. The Morgan fingerprint density at radius 3 is 2.58 bits per heavy atom. The first-order valence-electron chi connectivity index (χ1n) is 6.72. The van der Waals surface area contributed by atoms with E-state index < -0.39 is 32.7 Å². The Morgan fingerprint density at radius 1 is 1.12 bits per heavy atom. The molecule has 0 radical (unpaired) electrons. The van der Waals surface area contributed by atoms with E-state index in [0.717, 1.165) is 18.2 Å². The number of hydrogen-bond acceptors (Lipinski definition) is 3. The molecule has 1 aliphatic carbocycles. The van der Waals surface area contributed by atoms with Crippen LogP contribution in [0.1, 0.15) is 12.0 Å². The molecule has 0 bridgehead atoms. The van der Waals surface area contributed by atoms with E-state index in [-0.39, 0.29) is 0 Å². The summed E-state index contributed by atoms with van der Waals surface area (Å²) < 4.78 is 63.7. The normalized spacial score (nSPS) is 14.7. The van der Waals surface area contributed by atoms with Crippen molar-refractivity contribution in [2.75, 3.05) is 0 Å². The van der Waals surface area contributed by atoms with Crippen LogP contribution in [-0.4, -0.2) is 14.4 Å². The van der Waals surface area contributed by atoms with Gasteiger partial charge in [0.05, 0.1) is 10.5 Å². The first-order chi connectivity index (χ1) is 11.2. The number of urea groups is 1. The van der Waals surface area contributed by atoms with Crippen molar-refractivity contribution in [3.05, 3.63) is 65.9 Å². The zero-order valence-electron chi connectivity index (χ0n) is 12.2. The Kier molecular flexibility index (Phi) is 5.13. The first-order valence-corrected chi connectivity index (χ1v) is 8.20. The average molecular weight is 358 g/mol. The SMILES string of the molecule is O=C(NC1=CC=CC=CC1)NS(=O)(=O)c1cccc(C(F)(F)F)c1. The molecule has 0 heterocycles. The number of allylic oxidation sites excluding steroid dienone is 5. The molecular formula is C15H13F3N2O3S. The summed E-state index contributed by atoms with van der Waals surface area (Å²) >= 11 is 0. The van der Waals surface area contributed by atoms with Crippen molar-refractivity contribution in [3.8, 4) is 0 Å². The van der Waals surface area contributed by atoms with Crippen molar-refractivity contribution in [2.24, 2.45) is 0 Å². The Hall–Kier alpha value is -2.55. The molecule has 2 amide bonds. The summed E-state index contributed by atoms with van der Waals surface area (Å²) in [6.45, 7) is 0. The highest BCUT2D eigenvalue weighted by Crippen LogP contribution is 2.30. The fourth-order valence-corrected chi connectivity index (χ4v) is 2.81. The Labute approximate surface area is 136 Å². The largest absolute Gasteiger partial charge is 0.416 e. The third kappa shape index (κ3) is 4.72. The number of sulfonamides is 1. The van der Waals surface area contributed by atoms with E-state index in [1.54, 1.807) is 35.1 Å². The third-order valence-electron chi connectivity index (χ3n) is 2.97. The predicted molar refractivity (Wildman–Crippen MR) is 81.3 cm³/mol. The molecule has 1 aromatic carbocycles. The molecule has 0 fully saturated rings. The molecule has 0 saturated heterocycles. The van der Waals surface area contributed by atoms with Crippen LogP contribution in [-0.2, 0) is 16.2 Å². The minimum Gasteiger partial charge on any atom is -0.311 e. The maximum atomic E-state index is 12.7. The number of halogens is 3. The molecule has 9 heteroatoms. The van der Waals surface area contributed by atoms with Gasteiger partial charge in [-0.25, -0.2) is 17.9 Å². The summed E-state index contributed by atoms with van der Waals surface area (Å²) in [5, 5.41) is 2.34. The lowest BCUT2D eigenvalue weighted by Crippen LogP contribution is -2.38. The number of alkyl halides is 3. The van der Waals surface area contributed by atoms with Gasteiger partial charge in [0.15, 0.2) is 0 Å². The van der Waals surface area contributed by atoms with Crippen LogP contribution in [0.15, 0.2) is 65.2 Å². The van der Waals surface area contributed by atoms with Crippen molar-refractivity contribution in [2.45, 2.75) is 17.5 Å². The summed E-state index contributed by atoms with van der Waals surface area (Å²) in [6, 6.07) is 2.09. The van der Waals surface area contributed by atoms with Crippen LogP contribution in [0.4, 0.5) is 18.0 Å². The molecule has 0 unspecified atom stereocenters. The van der Waals surface area contributed by atoms with Crippen molar-refractivity contribution in [1.29, 1.82) is 0 Å². The molecule has 0 saturated carbocycles. The van der Waals surface area contributed by atoms with Crippen molar-refractivity contribution >= 4 is 16.1 Å². The lowest BCUT2D eigenvalue weighted by molar-refractivity contribution is -0.137. The van der Waals surface area contributed by atoms with Crippen LogP contribution in [0.25, 0.3) is 0 Å². The number of amides is 2. The summed E-state index contributed by atoms with van der Waals surface area (Å²) in [7, 11) is -4.43. The summed E-state index contributed by atoms with van der Waals surface area (Å²) in [4.78, 5) is 11.1. The van der Waals surface area contributed by atoms with Crippen molar-refractivity contribution in [3.63, 3.8) is 0 Å². The van der Waals surface area contributed by atoms with Crippen LogP contribution >= 0.6 is 0 Å². The lowest BCUT2D eigenvalue weighted by atomic mass is 10.2. The maximum Gasteiger partial charge on any atom is 0.416 e. The number of nitrogens with one attached hydrogen (secondary N) is 2. The minimum absolute atomic E-state index is 0.379. The minimum atomic E-state index is -4.68. The van der Waals surface area contributed by atoms with Gasteiger partial charge >= 0.3 is 12.2 Å². The third-order valence-corrected chi connectivity index (χ3v) is 4.29. The maximum absolute atomic E-state index is 12.7. The number of carbonyl (C=O) groups is 1. The van der Waals surface area contributed by atoms with Crippen LogP contribution in [0.3, 0.4) is 0 Å². The molecule has 5 nitrogen and oxygen atoms in total. The molecule has 24 heavy (non-hydrogen) atoms. The second-order valence-electron chi connectivity index (χ2n) is 4.79. The first kappa shape index (κ1) is 17.8. The quantitative estimate of drug-likeness (QED) is 0.872. The highest BCUT2D eigenvalue weighted by atomic mass is 32.2. The molecule has 1 aliphatic rings. The van der Waals surface area contributed by atoms with Gasteiger partial charge in [0.1, 0.15) is 0 Å². The zero-order chi connectivity index (χ0) is 17.8. The van der Waals surface area contributed by atoms with Crippen molar-refractivity contribution < 1.29 is 26.4 Å². The van der Waals surface area contributed by atoms with Gasteiger partial charge in [0.2, 0.25) is 0 Å². The van der Waals surface area contributed by atoms with Crippen LogP contribution in [0, 0.1) is 0 Å². The standard InChI is InChI=1S/C15H13F3N2O3S/c16-15(17,18)11-6-5-9-13(10-11)24(22,23)20-14(21)19-12-7-3-1-2-4-8-12/h1-7,9-10H,8H2,(H2,19,20,21). The van der Waals surface area contributed by atoms with E-state index in [4.69, 9.17) is 0 Å². The molecule has 0 aliphatic heterocycles. The summed E-state index contributed by atoms with van der Waals surface area (Å²) in [6.07, 6.45) is 4.16. The monoisotopic (exact) mass is 358 g/mol. The van der Waals surface area contributed by atoms with Gasteiger partial charge in [-0.05, 0) is 24.3 Å². The fraction of sp³-hybridized carbons (Fsp3) is 0.133. The second kappa shape index (κ2) is 6.91. The van der Waals surface area contributed by atoms with Gasteiger partial charge in [-0.3, -0.25) is 0 Å². The molecule has 1 aromatic rings. The van der Waals surface area contributed by atoms with Gasteiger partial charge in [-0.15, -0.1) is 0 Å². The van der Waals surface area contributed by atoms with E-state index >= 15 is 0 Å². The summed E-state index contributed by atoms with van der Waals surface area (Å²) in [5.41, 5.74) is -0.677. The van der Waals surface area contributed by atoms with Crippen LogP contribution in [0.5, 0.6) is 0 Å². The number of rotatable bonds is 3. The van der Waals surface area contributed by atoms with Crippen molar-refractivity contribution in [1.82, 2.24) is 10.0 Å². The molecular weight excluding hydrogens is 345 g/mol. The molecule has 0 spiro atoms. The number of benzene rings is 1. The van der Waals surface area contributed by atoms with Gasteiger partial charge in [-0.2, -0.15) is 13.2 Å². The van der Waals surface area contributed by atoms with Crippen LogP contribution in [0.2, 0.25) is 0 Å². The lowest BCUT2D eigenvalue weighted by Gasteiger charge is -2.11. The molecule has 2 N–H and O–H groups in total. The highest BCUT2D eigenvalue weighted by Gasteiger charge is 2.32.